The molecule has 1 saturated heterocycles. The Morgan fingerprint density at radius 3 is 2.95 bits per heavy atom. The van der Waals surface area contributed by atoms with Crippen molar-refractivity contribution in [3.63, 3.8) is 0 Å². The van der Waals surface area contributed by atoms with E-state index in [2.05, 4.69) is 15.0 Å². The molecule has 1 atom stereocenters. The molecule has 0 bridgehead atoms. The summed E-state index contributed by atoms with van der Waals surface area (Å²) in [6, 6.07) is 2.81. The first-order valence-corrected chi connectivity index (χ1v) is 6.10. The third-order valence-electron chi connectivity index (χ3n) is 3.12. The van der Waals surface area contributed by atoms with Crippen molar-refractivity contribution in [2.75, 3.05) is 30.8 Å². The molecule has 0 radical (unpaired) electrons. The van der Waals surface area contributed by atoms with E-state index in [4.69, 9.17) is 10.8 Å². The molecule has 1 unspecified atom stereocenters. The van der Waals surface area contributed by atoms with Crippen LogP contribution < -0.4 is 16.0 Å². The lowest BCUT2D eigenvalue weighted by molar-refractivity contribution is 0.0690. The van der Waals surface area contributed by atoms with Gasteiger partial charge in [-0.25, -0.2) is 14.6 Å². The Hall–Kier alpha value is -2.51. The standard InChI is InChI=1S/C12H16N4O4/c1-20-12(19)14-7-4-5-16(6-7)10-8(13)2-3-9(15-10)11(17)18/h2-3,7H,4-6,13H2,1H3,(H,14,19)(H,17,18). The Labute approximate surface area is 115 Å². The third kappa shape index (κ3) is 2.90. The summed E-state index contributed by atoms with van der Waals surface area (Å²) in [5.41, 5.74) is 6.19. The number of nitrogens with two attached hydrogens (primary N) is 1. The molecule has 1 amide bonds. The van der Waals surface area contributed by atoms with E-state index in [0.717, 1.165) is 0 Å². The number of carboxylic acid groups (broad SMARTS) is 1. The van der Waals surface area contributed by atoms with Crippen molar-refractivity contribution in [1.82, 2.24) is 10.3 Å². The number of carboxylic acids is 1. The number of rotatable bonds is 3. The number of aromatic carboxylic acids is 1. The average molecular weight is 280 g/mol. The highest BCUT2D eigenvalue weighted by Crippen LogP contribution is 2.25. The van der Waals surface area contributed by atoms with E-state index < -0.39 is 12.1 Å². The summed E-state index contributed by atoms with van der Waals surface area (Å²) in [5, 5.41) is 11.6. The number of nitrogen functional groups attached to an aromatic ring is 1. The maximum absolute atomic E-state index is 11.2. The van der Waals surface area contributed by atoms with Crippen LogP contribution in [-0.2, 0) is 4.74 Å². The highest BCUT2D eigenvalue weighted by Gasteiger charge is 2.26. The Balaban J connectivity index is 2.11. The van der Waals surface area contributed by atoms with Crippen molar-refractivity contribution < 1.29 is 19.4 Å². The highest BCUT2D eigenvalue weighted by molar-refractivity contribution is 5.87. The molecule has 2 rings (SSSR count). The van der Waals surface area contributed by atoms with Crippen molar-refractivity contribution in [2.24, 2.45) is 0 Å². The van der Waals surface area contributed by atoms with Crippen LogP contribution in [0, 0.1) is 0 Å². The van der Waals surface area contributed by atoms with Crippen molar-refractivity contribution >= 4 is 23.6 Å². The van der Waals surface area contributed by atoms with Gasteiger partial charge in [0.25, 0.3) is 0 Å². The molecule has 0 aromatic carbocycles. The van der Waals surface area contributed by atoms with Crippen LogP contribution >= 0.6 is 0 Å². The van der Waals surface area contributed by atoms with Crippen LogP contribution in [0.5, 0.6) is 0 Å². The molecule has 1 aromatic rings. The Morgan fingerprint density at radius 2 is 2.30 bits per heavy atom. The second-order valence-electron chi connectivity index (χ2n) is 4.48. The summed E-state index contributed by atoms with van der Waals surface area (Å²) in [7, 11) is 1.30. The number of anilines is 2. The topological polar surface area (TPSA) is 118 Å². The van der Waals surface area contributed by atoms with Crippen molar-refractivity contribution in [2.45, 2.75) is 12.5 Å². The fourth-order valence-corrected chi connectivity index (χ4v) is 2.13. The molecule has 108 valence electrons. The molecule has 8 nitrogen and oxygen atoms in total. The second kappa shape index (κ2) is 5.64. The molecule has 20 heavy (non-hydrogen) atoms. The molecular formula is C12H16N4O4. The van der Waals surface area contributed by atoms with Crippen LogP contribution in [0.15, 0.2) is 12.1 Å². The van der Waals surface area contributed by atoms with E-state index in [9.17, 15) is 9.59 Å². The Morgan fingerprint density at radius 1 is 1.55 bits per heavy atom. The van der Waals surface area contributed by atoms with E-state index in [0.29, 0.717) is 31.0 Å². The number of aromatic nitrogens is 1. The molecule has 0 saturated carbocycles. The normalized spacial score (nSPS) is 17.9. The minimum Gasteiger partial charge on any atom is -0.477 e. The van der Waals surface area contributed by atoms with Crippen molar-refractivity contribution in [1.29, 1.82) is 0 Å². The van der Waals surface area contributed by atoms with Gasteiger partial charge in [0, 0.05) is 13.1 Å². The summed E-state index contributed by atoms with van der Waals surface area (Å²) in [6.45, 7) is 1.14. The number of pyridine rings is 1. The van der Waals surface area contributed by atoms with Crippen LogP contribution in [0.3, 0.4) is 0 Å². The van der Waals surface area contributed by atoms with Crippen molar-refractivity contribution in [3.05, 3.63) is 17.8 Å². The summed E-state index contributed by atoms with van der Waals surface area (Å²) >= 11 is 0. The van der Waals surface area contributed by atoms with Gasteiger partial charge < -0.3 is 25.8 Å². The van der Waals surface area contributed by atoms with E-state index in [1.165, 1.54) is 19.2 Å². The fourth-order valence-electron chi connectivity index (χ4n) is 2.13. The van der Waals surface area contributed by atoms with Gasteiger partial charge in [-0.15, -0.1) is 0 Å². The summed E-state index contributed by atoms with van der Waals surface area (Å²) in [4.78, 5) is 28.0. The van der Waals surface area contributed by atoms with Gasteiger partial charge in [-0.1, -0.05) is 0 Å². The number of hydrogen-bond acceptors (Lipinski definition) is 6. The fraction of sp³-hybridized carbons (Fsp3) is 0.417. The van der Waals surface area contributed by atoms with E-state index in [-0.39, 0.29) is 11.7 Å². The lowest BCUT2D eigenvalue weighted by Crippen LogP contribution is -2.37. The van der Waals surface area contributed by atoms with Gasteiger partial charge in [-0.05, 0) is 18.6 Å². The zero-order valence-electron chi connectivity index (χ0n) is 11.0. The first-order chi connectivity index (χ1) is 9.51. The zero-order valence-corrected chi connectivity index (χ0v) is 11.0. The summed E-state index contributed by atoms with van der Waals surface area (Å²) in [5.74, 6) is -0.672. The molecular weight excluding hydrogens is 264 g/mol. The highest BCUT2D eigenvalue weighted by atomic mass is 16.5. The van der Waals surface area contributed by atoms with Gasteiger partial charge in [0.2, 0.25) is 0 Å². The predicted octanol–water partition coefficient (Wildman–Crippen LogP) is 0.297. The number of alkyl carbamates (subject to hydrolysis) is 1. The van der Waals surface area contributed by atoms with Crippen LogP contribution in [-0.4, -0.2) is 48.4 Å². The molecule has 2 heterocycles. The lowest BCUT2D eigenvalue weighted by Gasteiger charge is -2.19. The number of methoxy groups -OCH3 is 1. The van der Waals surface area contributed by atoms with Crippen LogP contribution in [0.1, 0.15) is 16.9 Å². The number of carbonyl (C=O) groups is 2. The van der Waals surface area contributed by atoms with Gasteiger partial charge in [-0.2, -0.15) is 0 Å². The number of carbonyl (C=O) groups excluding carboxylic acids is 1. The van der Waals surface area contributed by atoms with Crippen LogP contribution in [0.2, 0.25) is 0 Å². The smallest absolute Gasteiger partial charge is 0.407 e. The maximum Gasteiger partial charge on any atom is 0.407 e. The number of amides is 1. The Bertz CT molecular complexity index is 534. The van der Waals surface area contributed by atoms with E-state index in [1.807, 2.05) is 4.90 Å². The number of nitrogens with one attached hydrogen (secondary N) is 1. The monoisotopic (exact) mass is 280 g/mol. The van der Waals surface area contributed by atoms with E-state index >= 15 is 0 Å². The van der Waals surface area contributed by atoms with Gasteiger partial charge in [0.05, 0.1) is 18.8 Å². The number of nitrogens with zero attached hydrogens (tertiary/aromatic N) is 2. The van der Waals surface area contributed by atoms with Gasteiger partial charge in [0.15, 0.2) is 11.5 Å². The van der Waals surface area contributed by atoms with E-state index in [1.54, 1.807) is 0 Å². The zero-order chi connectivity index (χ0) is 14.7. The average Bonchev–Trinajstić information content (AvgIpc) is 2.87. The summed E-state index contributed by atoms with van der Waals surface area (Å²) < 4.78 is 4.54. The predicted molar refractivity (Wildman–Crippen MR) is 71.8 cm³/mol. The Kier molecular flexibility index (Phi) is 3.92. The minimum atomic E-state index is -1.10. The molecule has 8 heteroatoms. The summed E-state index contributed by atoms with van der Waals surface area (Å²) in [6.07, 6.45) is 0.227. The lowest BCUT2D eigenvalue weighted by atomic mass is 10.3. The molecule has 1 aromatic heterocycles. The molecule has 4 N–H and O–H groups in total. The maximum atomic E-state index is 11.2. The quantitative estimate of drug-likeness (QED) is 0.728. The molecule has 1 aliphatic heterocycles. The number of ether oxygens (including phenoxy) is 1. The second-order valence-corrected chi connectivity index (χ2v) is 4.48. The molecule has 1 fully saturated rings. The van der Waals surface area contributed by atoms with Crippen LogP contribution in [0.25, 0.3) is 0 Å². The van der Waals surface area contributed by atoms with Gasteiger partial charge in [0.1, 0.15) is 0 Å². The SMILES string of the molecule is COC(=O)NC1CCN(c2nc(C(=O)O)ccc2N)C1. The minimum absolute atomic E-state index is 0.0569. The largest absolute Gasteiger partial charge is 0.477 e. The first kappa shape index (κ1) is 13.9. The van der Waals surface area contributed by atoms with Gasteiger partial charge in [-0.3, -0.25) is 0 Å². The first-order valence-electron chi connectivity index (χ1n) is 6.10. The van der Waals surface area contributed by atoms with Crippen molar-refractivity contribution in [3.8, 4) is 0 Å². The molecule has 0 aliphatic carbocycles. The molecule has 0 spiro atoms. The van der Waals surface area contributed by atoms with Crippen LogP contribution in [0.4, 0.5) is 16.3 Å². The number of hydrogen-bond donors (Lipinski definition) is 3. The van der Waals surface area contributed by atoms with Gasteiger partial charge >= 0.3 is 12.1 Å². The molecule has 1 aliphatic rings. The third-order valence-corrected chi connectivity index (χ3v) is 3.12.